The summed E-state index contributed by atoms with van der Waals surface area (Å²) in [5, 5.41) is 0. The first-order chi connectivity index (χ1) is 4.47. The fourth-order valence-electron chi connectivity index (χ4n) is 0.781. The number of aromatic amines is 1. The molecule has 0 spiro atoms. The first-order valence-corrected chi connectivity index (χ1v) is 2.70. The monoisotopic (exact) mass is 119 g/mol. The van der Waals surface area contributed by atoms with Crippen LogP contribution in [0.1, 0.15) is 0 Å². The Morgan fingerprint density at radius 3 is 2.11 bits per heavy atom. The molecule has 0 unspecified atom stereocenters. The number of aromatic nitrogens is 3. The molecule has 2 aromatic heterocycles. The van der Waals surface area contributed by atoms with Crippen LogP contribution in [0.5, 0.6) is 0 Å². The predicted molar refractivity (Wildman–Crippen MR) is 33.9 cm³/mol. The van der Waals surface area contributed by atoms with Crippen molar-refractivity contribution in [2.24, 2.45) is 0 Å². The number of hydrogen-bond donors (Lipinski definition) is 1. The van der Waals surface area contributed by atoms with Crippen molar-refractivity contribution >= 4 is 11.0 Å². The molecule has 44 valence electrons. The number of nitrogens with one attached hydrogen (secondary N) is 1. The van der Waals surface area contributed by atoms with E-state index in [9.17, 15) is 0 Å². The van der Waals surface area contributed by atoms with Crippen LogP contribution >= 0.6 is 0 Å². The van der Waals surface area contributed by atoms with Crippen LogP contribution in [0.3, 0.4) is 0 Å². The summed E-state index contributed by atoms with van der Waals surface area (Å²) >= 11 is 0. The van der Waals surface area contributed by atoms with Crippen LogP contribution in [0.25, 0.3) is 11.0 Å². The molecule has 2 heterocycles. The van der Waals surface area contributed by atoms with E-state index in [2.05, 4.69) is 15.0 Å². The summed E-state index contributed by atoms with van der Waals surface area (Å²) in [7, 11) is 0. The van der Waals surface area contributed by atoms with Gasteiger partial charge in [0.05, 0.1) is 0 Å². The lowest BCUT2D eigenvalue weighted by Gasteiger charge is -1.80. The zero-order chi connectivity index (χ0) is 6.10. The van der Waals surface area contributed by atoms with E-state index >= 15 is 0 Å². The number of H-pyrrole nitrogens is 1. The number of hydrogen-bond acceptors (Lipinski definition) is 2. The second kappa shape index (κ2) is 1.55. The molecule has 0 saturated carbocycles. The maximum atomic E-state index is 4.05. The predicted octanol–water partition coefficient (Wildman–Crippen LogP) is 0.958. The summed E-state index contributed by atoms with van der Waals surface area (Å²) < 4.78 is 0. The fraction of sp³-hybridized carbons (Fsp3) is 0. The zero-order valence-corrected chi connectivity index (χ0v) is 4.70. The molecule has 0 radical (unpaired) electrons. The molecule has 0 saturated heterocycles. The van der Waals surface area contributed by atoms with Gasteiger partial charge in [-0.15, -0.1) is 0 Å². The van der Waals surface area contributed by atoms with Gasteiger partial charge in [0.15, 0.2) is 0 Å². The van der Waals surface area contributed by atoms with Crippen LogP contribution in [-0.2, 0) is 0 Å². The zero-order valence-electron chi connectivity index (χ0n) is 4.70. The highest BCUT2D eigenvalue weighted by molar-refractivity contribution is 5.72. The second-order valence-corrected chi connectivity index (χ2v) is 1.78. The Kier molecular flexibility index (Phi) is 0.773. The normalized spacial score (nSPS) is 10.2. The number of nitrogens with zero attached hydrogens (tertiary/aromatic N) is 2. The van der Waals surface area contributed by atoms with E-state index in [0.717, 1.165) is 11.0 Å². The van der Waals surface area contributed by atoms with E-state index in [1.807, 2.05) is 12.4 Å². The van der Waals surface area contributed by atoms with E-state index < -0.39 is 0 Å². The minimum atomic E-state index is 0.914. The molecule has 0 aliphatic rings. The Balaban J connectivity index is 2.95. The van der Waals surface area contributed by atoms with Crippen LogP contribution in [0, 0.1) is 0 Å². The van der Waals surface area contributed by atoms with Crippen molar-refractivity contribution in [3.8, 4) is 0 Å². The SMILES string of the molecule is c1cnc2c[nH]cc2n1. The summed E-state index contributed by atoms with van der Waals surface area (Å²) in [6, 6.07) is 0. The van der Waals surface area contributed by atoms with Gasteiger partial charge in [0.1, 0.15) is 11.0 Å². The largest absolute Gasteiger partial charge is 0.364 e. The Hall–Kier alpha value is -1.38. The molecular weight excluding hydrogens is 114 g/mol. The molecule has 0 fully saturated rings. The second-order valence-electron chi connectivity index (χ2n) is 1.78. The quantitative estimate of drug-likeness (QED) is 0.561. The van der Waals surface area contributed by atoms with Gasteiger partial charge in [-0.2, -0.15) is 0 Å². The summed E-state index contributed by atoms with van der Waals surface area (Å²) in [6.07, 6.45) is 7.00. The molecule has 3 heteroatoms. The van der Waals surface area contributed by atoms with Gasteiger partial charge in [0.25, 0.3) is 0 Å². The van der Waals surface area contributed by atoms with Gasteiger partial charge in [-0.1, -0.05) is 0 Å². The molecule has 0 aliphatic heterocycles. The lowest BCUT2D eigenvalue weighted by molar-refractivity contribution is 1.31. The van der Waals surface area contributed by atoms with Crippen LogP contribution in [0.4, 0.5) is 0 Å². The van der Waals surface area contributed by atoms with E-state index in [-0.39, 0.29) is 0 Å². The Morgan fingerprint density at radius 2 is 1.56 bits per heavy atom. The minimum Gasteiger partial charge on any atom is -0.364 e. The Labute approximate surface area is 51.8 Å². The van der Waals surface area contributed by atoms with Crippen molar-refractivity contribution in [3.05, 3.63) is 24.8 Å². The molecule has 0 aliphatic carbocycles. The lowest BCUT2D eigenvalue weighted by Crippen LogP contribution is -1.73. The fourth-order valence-corrected chi connectivity index (χ4v) is 0.781. The topological polar surface area (TPSA) is 41.6 Å². The molecule has 3 nitrogen and oxygen atoms in total. The van der Waals surface area contributed by atoms with Crippen LogP contribution in [-0.4, -0.2) is 15.0 Å². The van der Waals surface area contributed by atoms with Crippen LogP contribution in [0.15, 0.2) is 24.8 Å². The maximum Gasteiger partial charge on any atom is 0.106 e. The molecule has 0 aromatic carbocycles. The van der Waals surface area contributed by atoms with Gasteiger partial charge >= 0.3 is 0 Å². The average Bonchev–Trinajstić information content (AvgIpc) is 2.33. The molecule has 0 atom stereocenters. The van der Waals surface area contributed by atoms with Crippen molar-refractivity contribution in [3.63, 3.8) is 0 Å². The summed E-state index contributed by atoms with van der Waals surface area (Å²) in [6.45, 7) is 0. The maximum absolute atomic E-state index is 4.05. The van der Waals surface area contributed by atoms with Gasteiger partial charge in [-0.25, -0.2) is 0 Å². The van der Waals surface area contributed by atoms with Gasteiger partial charge in [0, 0.05) is 24.8 Å². The molecular formula is C6H5N3. The third kappa shape index (κ3) is 0.579. The molecule has 1 N–H and O–H groups in total. The van der Waals surface area contributed by atoms with Crippen LogP contribution in [0.2, 0.25) is 0 Å². The standard InChI is InChI=1S/C6H5N3/c1-2-9-6-4-7-3-5(6)8-1/h1-4,7H. The number of fused-ring (bicyclic) bond motifs is 1. The first-order valence-electron chi connectivity index (χ1n) is 2.70. The van der Waals surface area contributed by atoms with Gasteiger partial charge in [-0.3, -0.25) is 9.97 Å². The van der Waals surface area contributed by atoms with E-state index in [1.165, 1.54) is 0 Å². The molecule has 0 bridgehead atoms. The molecule has 2 rings (SSSR count). The van der Waals surface area contributed by atoms with E-state index in [0.29, 0.717) is 0 Å². The molecule has 9 heavy (non-hydrogen) atoms. The Morgan fingerprint density at radius 1 is 1.00 bits per heavy atom. The Bertz CT molecular complexity index is 282. The first kappa shape index (κ1) is 4.49. The van der Waals surface area contributed by atoms with Gasteiger partial charge in [-0.05, 0) is 0 Å². The number of rotatable bonds is 0. The highest BCUT2D eigenvalue weighted by atomic mass is 14.8. The highest BCUT2D eigenvalue weighted by Gasteiger charge is 1.90. The van der Waals surface area contributed by atoms with Crippen molar-refractivity contribution in [2.75, 3.05) is 0 Å². The molecule has 0 amide bonds. The third-order valence-electron chi connectivity index (χ3n) is 1.20. The van der Waals surface area contributed by atoms with Gasteiger partial charge in [0.2, 0.25) is 0 Å². The summed E-state index contributed by atoms with van der Waals surface area (Å²) in [4.78, 5) is 11.0. The van der Waals surface area contributed by atoms with Crippen molar-refractivity contribution in [2.45, 2.75) is 0 Å². The van der Waals surface area contributed by atoms with Crippen molar-refractivity contribution in [1.29, 1.82) is 0 Å². The van der Waals surface area contributed by atoms with E-state index in [4.69, 9.17) is 0 Å². The van der Waals surface area contributed by atoms with E-state index in [1.54, 1.807) is 12.4 Å². The average molecular weight is 119 g/mol. The summed E-state index contributed by atoms with van der Waals surface area (Å²) in [5.41, 5.74) is 1.83. The van der Waals surface area contributed by atoms with Gasteiger partial charge < -0.3 is 4.98 Å². The minimum absolute atomic E-state index is 0.914. The highest BCUT2D eigenvalue weighted by Crippen LogP contribution is 2.02. The van der Waals surface area contributed by atoms with Crippen LogP contribution < -0.4 is 0 Å². The smallest absolute Gasteiger partial charge is 0.106 e. The van der Waals surface area contributed by atoms with Crippen molar-refractivity contribution in [1.82, 2.24) is 15.0 Å². The lowest BCUT2D eigenvalue weighted by atomic mass is 10.5. The van der Waals surface area contributed by atoms with Crippen molar-refractivity contribution < 1.29 is 0 Å². The molecule has 2 aromatic rings. The summed E-state index contributed by atoms with van der Waals surface area (Å²) in [5.74, 6) is 0. The third-order valence-corrected chi connectivity index (χ3v) is 1.20.